The van der Waals surface area contributed by atoms with Gasteiger partial charge >= 0.3 is 6.09 Å². The lowest BCUT2D eigenvalue weighted by Gasteiger charge is -2.22. The van der Waals surface area contributed by atoms with Crippen LogP contribution in [0, 0.1) is 11.3 Å². The number of carbonyl (C=O) groups excluding carboxylic acids is 3. The SMILES string of the molecule is CC(C)(C)OC(=O)NCCC(=O)N1CCCN(C(=O)CC#N)CC1. The molecule has 8 nitrogen and oxygen atoms in total. The number of hydrogen-bond donors (Lipinski definition) is 1. The Bertz CT molecular complexity index is 507. The summed E-state index contributed by atoms with van der Waals surface area (Å²) in [6, 6.07) is 1.85. The lowest BCUT2D eigenvalue weighted by Crippen LogP contribution is -2.39. The largest absolute Gasteiger partial charge is 0.444 e. The number of ether oxygens (including phenoxy) is 1. The average Bonchev–Trinajstić information content (AvgIpc) is 2.71. The van der Waals surface area contributed by atoms with Crippen LogP contribution < -0.4 is 5.32 Å². The van der Waals surface area contributed by atoms with E-state index in [0.717, 1.165) is 0 Å². The third-order valence-electron chi connectivity index (χ3n) is 3.44. The van der Waals surface area contributed by atoms with E-state index < -0.39 is 11.7 Å². The molecule has 0 aromatic heterocycles. The van der Waals surface area contributed by atoms with Gasteiger partial charge in [-0.25, -0.2) is 4.79 Å². The molecule has 134 valence electrons. The van der Waals surface area contributed by atoms with Crippen LogP contribution in [0.2, 0.25) is 0 Å². The van der Waals surface area contributed by atoms with Crippen molar-refractivity contribution in [3.05, 3.63) is 0 Å². The molecule has 1 rings (SSSR count). The van der Waals surface area contributed by atoms with Crippen molar-refractivity contribution < 1.29 is 19.1 Å². The molecule has 1 heterocycles. The first-order valence-electron chi connectivity index (χ1n) is 8.12. The van der Waals surface area contributed by atoms with Crippen LogP contribution >= 0.6 is 0 Å². The molecule has 0 bridgehead atoms. The van der Waals surface area contributed by atoms with Gasteiger partial charge in [-0.05, 0) is 27.2 Å². The minimum absolute atomic E-state index is 0.0689. The molecule has 1 N–H and O–H groups in total. The Balaban J connectivity index is 2.34. The summed E-state index contributed by atoms with van der Waals surface area (Å²) in [7, 11) is 0. The number of nitrogens with zero attached hydrogens (tertiary/aromatic N) is 3. The van der Waals surface area contributed by atoms with E-state index in [1.165, 1.54) is 0 Å². The van der Waals surface area contributed by atoms with Crippen LogP contribution in [0.5, 0.6) is 0 Å². The average molecular weight is 338 g/mol. The molecule has 0 unspecified atom stereocenters. The number of amides is 3. The van der Waals surface area contributed by atoms with Crippen LogP contribution in [0.1, 0.15) is 40.0 Å². The molecule has 0 atom stereocenters. The van der Waals surface area contributed by atoms with E-state index in [9.17, 15) is 14.4 Å². The zero-order valence-electron chi connectivity index (χ0n) is 14.6. The van der Waals surface area contributed by atoms with Crippen LogP contribution in [0.3, 0.4) is 0 Å². The maximum atomic E-state index is 12.2. The molecule has 8 heteroatoms. The van der Waals surface area contributed by atoms with Gasteiger partial charge < -0.3 is 19.9 Å². The predicted octanol–water partition coefficient (Wildman–Crippen LogP) is 0.876. The second-order valence-electron chi connectivity index (χ2n) is 6.63. The quantitative estimate of drug-likeness (QED) is 0.819. The Morgan fingerprint density at radius 2 is 1.67 bits per heavy atom. The van der Waals surface area contributed by atoms with Crippen molar-refractivity contribution in [2.45, 2.75) is 45.6 Å². The Kier molecular flexibility index (Phi) is 7.49. The summed E-state index contributed by atoms with van der Waals surface area (Å²) in [5.41, 5.74) is -0.571. The highest BCUT2D eigenvalue weighted by Crippen LogP contribution is 2.08. The second-order valence-corrected chi connectivity index (χ2v) is 6.63. The van der Waals surface area contributed by atoms with Gasteiger partial charge in [-0.3, -0.25) is 9.59 Å². The number of nitriles is 1. The highest BCUT2D eigenvalue weighted by molar-refractivity contribution is 5.79. The lowest BCUT2D eigenvalue weighted by molar-refractivity contribution is -0.133. The normalized spacial score (nSPS) is 15.2. The highest BCUT2D eigenvalue weighted by Gasteiger charge is 2.22. The topological polar surface area (TPSA) is 103 Å². The predicted molar refractivity (Wildman–Crippen MR) is 86.9 cm³/mol. The first-order valence-corrected chi connectivity index (χ1v) is 8.12. The van der Waals surface area contributed by atoms with Gasteiger partial charge in [-0.2, -0.15) is 5.26 Å². The molecule has 1 aliphatic heterocycles. The molecule has 1 aliphatic rings. The van der Waals surface area contributed by atoms with E-state index in [1.54, 1.807) is 30.6 Å². The summed E-state index contributed by atoms with van der Waals surface area (Å²) in [6.07, 6.45) is 0.195. The van der Waals surface area contributed by atoms with Gasteiger partial charge in [0.1, 0.15) is 12.0 Å². The molecule has 1 fully saturated rings. The number of rotatable bonds is 4. The van der Waals surface area contributed by atoms with Crippen molar-refractivity contribution in [3.8, 4) is 6.07 Å². The fourth-order valence-electron chi connectivity index (χ4n) is 2.34. The molecule has 0 spiro atoms. The molecule has 0 aromatic rings. The molecule has 0 saturated carbocycles. The van der Waals surface area contributed by atoms with Gasteiger partial charge in [-0.15, -0.1) is 0 Å². The molecule has 0 radical (unpaired) electrons. The van der Waals surface area contributed by atoms with E-state index in [0.29, 0.717) is 32.6 Å². The molecule has 1 saturated heterocycles. The number of nitrogens with one attached hydrogen (secondary N) is 1. The smallest absolute Gasteiger partial charge is 0.407 e. The third-order valence-corrected chi connectivity index (χ3v) is 3.44. The summed E-state index contributed by atoms with van der Waals surface area (Å²) in [5.74, 6) is -0.265. The first-order chi connectivity index (χ1) is 11.2. The van der Waals surface area contributed by atoms with Crippen molar-refractivity contribution in [2.75, 3.05) is 32.7 Å². The summed E-state index contributed by atoms with van der Waals surface area (Å²) in [5, 5.41) is 11.1. The minimum atomic E-state index is -0.571. The van der Waals surface area contributed by atoms with Gasteiger partial charge in [0, 0.05) is 39.1 Å². The van der Waals surface area contributed by atoms with Gasteiger partial charge in [0.05, 0.1) is 6.07 Å². The zero-order valence-corrected chi connectivity index (χ0v) is 14.6. The van der Waals surface area contributed by atoms with E-state index in [-0.39, 0.29) is 31.2 Å². The summed E-state index contributed by atoms with van der Waals surface area (Å²) in [4.78, 5) is 38.8. The van der Waals surface area contributed by atoms with Crippen LogP contribution in [-0.4, -0.2) is 66.0 Å². The fourth-order valence-corrected chi connectivity index (χ4v) is 2.34. The van der Waals surface area contributed by atoms with Crippen LogP contribution in [0.25, 0.3) is 0 Å². The van der Waals surface area contributed by atoms with Crippen molar-refractivity contribution in [3.63, 3.8) is 0 Å². The zero-order chi connectivity index (χ0) is 18.2. The number of hydrogen-bond acceptors (Lipinski definition) is 5. The highest BCUT2D eigenvalue weighted by atomic mass is 16.6. The van der Waals surface area contributed by atoms with E-state index in [4.69, 9.17) is 10.00 Å². The Morgan fingerprint density at radius 3 is 2.21 bits per heavy atom. The van der Waals surface area contributed by atoms with Crippen LogP contribution in [-0.2, 0) is 14.3 Å². The maximum absolute atomic E-state index is 12.2. The van der Waals surface area contributed by atoms with Gasteiger partial charge in [-0.1, -0.05) is 0 Å². The molecular formula is C16H26N4O4. The fraction of sp³-hybridized carbons (Fsp3) is 0.750. The molecule has 3 amide bonds. The summed E-state index contributed by atoms with van der Waals surface area (Å²) >= 11 is 0. The summed E-state index contributed by atoms with van der Waals surface area (Å²) in [6.45, 7) is 7.54. The maximum Gasteiger partial charge on any atom is 0.407 e. The monoisotopic (exact) mass is 338 g/mol. The van der Waals surface area contributed by atoms with Gasteiger partial charge in [0.15, 0.2) is 0 Å². The molecule has 0 aromatic carbocycles. The summed E-state index contributed by atoms with van der Waals surface area (Å²) < 4.78 is 5.10. The van der Waals surface area contributed by atoms with Crippen LogP contribution in [0.4, 0.5) is 4.79 Å². The first kappa shape index (κ1) is 19.7. The van der Waals surface area contributed by atoms with E-state index in [2.05, 4.69) is 5.32 Å². The second kappa shape index (κ2) is 9.11. The van der Waals surface area contributed by atoms with Crippen LogP contribution in [0.15, 0.2) is 0 Å². The Morgan fingerprint density at radius 1 is 1.08 bits per heavy atom. The Labute approximate surface area is 142 Å². The standard InChI is InChI=1S/C16H26N4O4/c1-16(2,3)24-15(23)18-8-6-14(22)20-10-4-9-19(11-12-20)13(21)5-7-17/h4-6,8-12H2,1-3H3,(H,18,23). The van der Waals surface area contributed by atoms with Crippen molar-refractivity contribution in [1.29, 1.82) is 5.26 Å². The lowest BCUT2D eigenvalue weighted by atomic mass is 10.2. The molecule has 24 heavy (non-hydrogen) atoms. The minimum Gasteiger partial charge on any atom is -0.444 e. The van der Waals surface area contributed by atoms with E-state index in [1.807, 2.05) is 6.07 Å². The molecular weight excluding hydrogens is 312 g/mol. The Hall–Kier alpha value is -2.30. The van der Waals surface area contributed by atoms with E-state index >= 15 is 0 Å². The number of carbonyl (C=O) groups is 3. The van der Waals surface area contributed by atoms with Gasteiger partial charge in [0.2, 0.25) is 11.8 Å². The van der Waals surface area contributed by atoms with Crippen molar-refractivity contribution in [1.82, 2.24) is 15.1 Å². The third kappa shape index (κ3) is 7.31. The van der Waals surface area contributed by atoms with Crippen molar-refractivity contribution >= 4 is 17.9 Å². The number of alkyl carbamates (subject to hydrolysis) is 1. The van der Waals surface area contributed by atoms with Crippen molar-refractivity contribution in [2.24, 2.45) is 0 Å². The molecule has 0 aliphatic carbocycles. The van der Waals surface area contributed by atoms with Gasteiger partial charge in [0.25, 0.3) is 0 Å².